The molecule has 0 aliphatic carbocycles. The van der Waals surface area contributed by atoms with E-state index in [1.807, 2.05) is 52.5 Å². The molecule has 7 nitrogen and oxygen atoms in total. The van der Waals surface area contributed by atoms with Crippen molar-refractivity contribution in [2.45, 2.75) is 91.4 Å². The molecule has 35 heavy (non-hydrogen) atoms. The summed E-state index contributed by atoms with van der Waals surface area (Å²) in [7, 11) is 0. The Balaban J connectivity index is 1.35. The molecule has 196 valence electrons. The second kappa shape index (κ2) is 11.6. The molecule has 2 aliphatic heterocycles. The van der Waals surface area contributed by atoms with E-state index < -0.39 is 11.2 Å². The van der Waals surface area contributed by atoms with Crippen molar-refractivity contribution in [3.05, 3.63) is 29.3 Å². The maximum Gasteiger partial charge on any atom is 0.410 e. The summed E-state index contributed by atoms with van der Waals surface area (Å²) in [6.45, 7) is 15.6. The quantitative estimate of drug-likeness (QED) is 0.389. The average Bonchev–Trinajstić information content (AvgIpc) is 2.74. The summed E-state index contributed by atoms with van der Waals surface area (Å²) in [6.07, 6.45) is 4.89. The third-order valence-electron chi connectivity index (χ3n) is 6.33. The van der Waals surface area contributed by atoms with Gasteiger partial charge in [0.25, 0.3) is 0 Å². The lowest BCUT2D eigenvalue weighted by Gasteiger charge is -2.33. The van der Waals surface area contributed by atoms with Gasteiger partial charge in [0.1, 0.15) is 17.0 Å². The van der Waals surface area contributed by atoms with Crippen LogP contribution in [0.5, 0.6) is 5.75 Å². The number of carbonyl (C=O) groups is 2. The molecule has 0 bridgehead atoms. The van der Waals surface area contributed by atoms with Crippen LogP contribution >= 0.6 is 0 Å². The van der Waals surface area contributed by atoms with Gasteiger partial charge in [-0.05, 0) is 103 Å². The van der Waals surface area contributed by atoms with Gasteiger partial charge in [-0.1, -0.05) is 6.07 Å². The minimum atomic E-state index is -0.450. The molecule has 2 aliphatic rings. The van der Waals surface area contributed by atoms with Crippen LogP contribution < -0.4 is 4.74 Å². The number of rotatable bonds is 7. The van der Waals surface area contributed by atoms with Crippen LogP contribution in [0.25, 0.3) is 0 Å². The molecule has 3 rings (SSSR count). The SMILES string of the molecule is CC(C)(C)OC(=O)CN1CCc2cc(OCCCC3CCN(C(=O)OC(C)(C)C)CC3)ccc2C1. The molecule has 0 aromatic heterocycles. The molecule has 0 atom stereocenters. The number of nitrogens with zero attached hydrogens (tertiary/aromatic N) is 2. The molecule has 0 saturated carbocycles. The summed E-state index contributed by atoms with van der Waals surface area (Å²) in [5.74, 6) is 1.39. The van der Waals surface area contributed by atoms with Crippen molar-refractivity contribution in [1.82, 2.24) is 9.80 Å². The van der Waals surface area contributed by atoms with E-state index in [0.29, 0.717) is 19.1 Å². The van der Waals surface area contributed by atoms with Gasteiger partial charge in [0.2, 0.25) is 0 Å². The van der Waals surface area contributed by atoms with Gasteiger partial charge < -0.3 is 19.1 Å². The van der Waals surface area contributed by atoms with Crippen molar-refractivity contribution in [1.29, 1.82) is 0 Å². The predicted octanol–water partition coefficient (Wildman–Crippen LogP) is 5.19. The number of benzene rings is 1. The lowest BCUT2D eigenvalue weighted by atomic mass is 9.92. The van der Waals surface area contributed by atoms with Crippen LogP contribution in [0.2, 0.25) is 0 Å². The van der Waals surface area contributed by atoms with Gasteiger partial charge in [-0.15, -0.1) is 0 Å². The number of piperidine rings is 1. The zero-order valence-electron chi connectivity index (χ0n) is 22.5. The Morgan fingerprint density at radius 2 is 1.63 bits per heavy atom. The first-order chi connectivity index (χ1) is 16.4. The average molecular weight is 489 g/mol. The van der Waals surface area contributed by atoms with E-state index in [9.17, 15) is 9.59 Å². The monoisotopic (exact) mass is 488 g/mol. The summed E-state index contributed by atoms with van der Waals surface area (Å²) in [5.41, 5.74) is 1.66. The fourth-order valence-electron chi connectivity index (χ4n) is 4.66. The minimum Gasteiger partial charge on any atom is -0.494 e. The molecule has 1 fully saturated rings. The molecule has 0 spiro atoms. The molecule has 1 saturated heterocycles. The van der Waals surface area contributed by atoms with Crippen LogP contribution in [-0.2, 0) is 27.2 Å². The van der Waals surface area contributed by atoms with Crippen LogP contribution in [0.1, 0.15) is 78.4 Å². The Bertz CT molecular complexity index is 863. The number of esters is 1. The van der Waals surface area contributed by atoms with E-state index in [-0.39, 0.29) is 12.1 Å². The second-order valence-electron chi connectivity index (χ2n) is 11.9. The fourth-order valence-corrected chi connectivity index (χ4v) is 4.66. The molecule has 1 amide bonds. The van der Waals surface area contributed by atoms with Crippen LogP contribution in [0, 0.1) is 5.92 Å². The third kappa shape index (κ3) is 9.36. The summed E-state index contributed by atoms with van der Waals surface area (Å²) in [4.78, 5) is 28.3. The number of hydrogen-bond donors (Lipinski definition) is 0. The lowest BCUT2D eigenvalue weighted by molar-refractivity contribution is -0.156. The molecule has 0 unspecified atom stereocenters. The maximum atomic E-state index is 12.2. The summed E-state index contributed by atoms with van der Waals surface area (Å²) < 4.78 is 17.0. The first-order valence-corrected chi connectivity index (χ1v) is 13.0. The number of carbonyl (C=O) groups excluding carboxylic acids is 2. The number of ether oxygens (including phenoxy) is 3. The number of hydrogen-bond acceptors (Lipinski definition) is 6. The highest BCUT2D eigenvalue weighted by atomic mass is 16.6. The molecule has 2 heterocycles. The van der Waals surface area contributed by atoms with E-state index in [2.05, 4.69) is 17.0 Å². The fraction of sp³-hybridized carbons (Fsp3) is 0.714. The van der Waals surface area contributed by atoms with Crippen molar-refractivity contribution >= 4 is 12.1 Å². The Hall–Kier alpha value is -2.28. The summed E-state index contributed by atoms with van der Waals surface area (Å²) in [5, 5.41) is 0. The molecular weight excluding hydrogens is 444 g/mol. The topological polar surface area (TPSA) is 68.3 Å². The number of likely N-dealkylation sites (tertiary alicyclic amines) is 1. The van der Waals surface area contributed by atoms with Crippen molar-refractivity contribution < 1.29 is 23.8 Å². The molecular formula is C28H44N2O5. The standard InChI is InChI=1S/C28H44N2O5/c1-27(2,3)34-25(31)20-29-14-13-22-18-24(10-9-23(22)19-29)33-17-7-8-21-11-15-30(16-12-21)26(32)35-28(4,5)6/h9-10,18,21H,7-8,11-17,19-20H2,1-6H3. The zero-order chi connectivity index (χ0) is 25.6. The van der Waals surface area contributed by atoms with Gasteiger partial charge in [-0.3, -0.25) is 9.69 Å². The molecule has 0 N–H and O–H groups in total. The highest BCUT2D eigenvalue weighted by Crippen LogP contribution is 2.26. The molecule has 0 radical (unpaired) electrons. The normalized spacial score (nSPS) is 17.6. The number of fused-ring (bicyclic) bond motifs is 1. The molecule has 7 heteroatoms. The zero-order valence-corrected chi connectivity index (χ0v) is 22.5. The highest BCUT2D eigenvalue weighted by molar-refractivity contribution is 5.72. The summed E-state index contributed by atoms with van der Waals surface area (Å²) >= 11 is 0. The Kier molecular flexibility index (Phi) is 9.08. The van der Waals surface area contributed by atoms with Gasteiger partial charge in [-0.25, -0.2) is 4.79 Å². The van der Waals surface area contributed by atoms with Gasteiger partial charge in [0, 0.05) is 26.2 Å². The van der Waals surface area contributed by atoms with Crippen molar-refractivity contribution in [3.63, 3.8) is 0 Å². The smallest absolute Gasteiger partial charge is 0.410 e. The van der Waals surface area contributed by atoms with Crippen molar-refractivity contribution in [3.8, 4) is 5.75 Å². The Labute approximate surface area is 211 Å². The highest BCUT2D eigenvalue weighted by Gasteiger charge is 2.27. The van der Waals surface area contributed by atoms with Crippen LogP contribution in [0.15, 0.2) is 18.2 Å². The predicted molar refractivity (Wildman–Crippen MR) is 137 cm³/mol. The second-order valence-corrected chi connectivity index (χ2v) is 11.9. The molecule has 1 aromatic carbocycles. The number of amides is 1. The first kappa shape index (κ1) is 27.3. The molecule has 1 aromatic rings. The Morgan fingerprint density at radius 3 is 2.29 bits per heavy atom. The van der Waals surface area contributed by atoms with Gasteiger partial charge in [0.05, 0.1) is 13.2 Å². The van der Waals surface area contributed by atoms with Gasteiger partial charge in [0.15, 0.2) is 0 Å². The van der Waals surface area contributed by atoms with Gasteiger partial charge >= 0.3 is 12.1 Å². The van der Waals surface area contributed by atoms with E-state index >= 15 is 0 Å². The third-order valence-corrected chi connectivity index (χ3v) is 6.33. The van der Waals surface area contributed by atoms with Crippen LogP contribution in [-0.4, -0.2) is 65.9 Å². The van der Waals surface area contributed by atoms with Crippen LogP contribution in [0.4, 0.5) is 4.79 Å². The van der Waals surface area contributed by atoms with E-state index in [4.69, 9.17) is 14.2 Å². The maximum absolute atomic E-state index is 12.2. The van der Waals surface area contributed by atoms with E-state index in [1.165, 1.54) is 11.1 Å². The Morgan fingerprint density at radius 1 is 0.943 bits per heavy atom. The van der Waals surface area contributed by atoms with Crippen molar-refractivity contribution in [2.24, 2.45) is 5.92 Å². The lowest BCUT2D eigenvalue weighted by Crippen LogP contribution is -2.41. The minimum absolute atomic E-state index is 0.170. The van der Waals surface area contributed by atoms with Crippen LogP contribution in [0.3, 0.4) is 0 Å². The van der Waals surface area contributed by atoms with E-state index in [0.717, 1.165) is 64.0 Å². The van der Waals surface area contributed by atoms with E-state index in [1.54, 1.807) is 0 Å². The van der Waals surface area contributed by atoms with Crippen molar-refractivity contribution in [2.75, 3.05) is 32.8 Å². The van der Waals surface area contributed by atoms with Gasteiger partial charge in [-0.2, -0.15) is 0 Å². The first-order valence-electron chi connectivity index (χ1n) is 13.0. The summed E-state index contributed by atoms with van der Waals surface area (Å²) in [6, 6.07) is 6.31. The largest absolute Gasteiger partial charge is 0.494 e.